The molecule has 0 saturated carbocycles. The number of esters is 1. The number of rotatable bonds is 6. The van der Waals surface area contributed by atoms with Crippen LogP contribution in [0.4, 0.5) is 0 Å². The normalized spacial score (nSPS) is 10.7. The Morgan fingerprint density at radius 3 is 3.20 bits per heavy atom. The zero-order valence-electron chi connectivity index (χ0n) is 8.73. The van der Waals surface area contributed by atoms with E-state index in [-0.39, 0.29) is 5.97 Å². The summed E-state index contributed by atoms with van der Waals surface area (Å²) in [5, 5.41) is 5.25. The van der Waals surface area contributed by atoms with Crippen LogP contribution in [-0.4, -0.2) is 19.1 Å². The molecule has 1 N–H and O–H groups in total. The lowest BCUT2D eigenvalue weighted by Gasteiger charge is -1.98. The van der Waals surface area contributed by atoms with E-state index in [9.17, 15) is 4.79 Å². The van der Waals surface area contributed by atoms with Gasteiger partial charge in [-0.2, -0.15) is 0 Å². The first-order valence-electron chi connectivity index (χ1n) is 4.89. The molecule has 0 amide bonds. The molecule has 82 valence electrons. The van der Waals surface area contributed by atoms with Crippen molar-refractivity contribution in [3.8, 4) is 0 Å². The van der Waals surface area contributed by atoms with Crippen molar-refractivity contribution in [2.45, 2.75) is 13.5 Å². The maximum atomic E-state index is 10.9. The SMILES string of the molecule is CCOC(=O)/C=C/CNCc1cccs1. The molecule has 0 atom stereocenters. The van der Waals surface area contributed by atoms with Crippen molar-refractivity contribution in [1.29, 1.82) is 0 Å². The largest absolute Gasteiger partial charge is 0.463 e. The van der Waals surface area contributed by atoms with Crippen LogP contribution < -0.4 is 5.32 Å². The van der Waals surface area contributed by atoms with Crippen LogP contribution >= 0.6 is 11.3 Å². The average Bonchev–Trinajstić information content (AvgIpc) is 2.70. The summed E-state index contributed by atoms with van der Waals surface area (Å²) < 4.78 is 4.74. The molecule has 1 heterocycles. The molecule has 1 rings (SSSR count). The molecule has 1 aromatic rings. The number of ether oxygens (including phenoxy) is 1. The molecule has 0 fully saturated rings. The van der Waals surface area contributed by atoms with E-state index in [1.54, 1.807) is 24.3 Å². The molecule has 0 aliphatic rings. The van der Waals surface area contributed by atoms with Crippen molar-refractivity contribution < 1.29 is 9.53 Å². The summed E-state index contributed by atoms with van der Waals surface area (Å²) in [7, 11) is 0. The monoisotopic (exact) mass is 225 g/mol. The molecular weight excluding hydrogens is 210 g/mol. The molecule has 15 heavy (non-hydrogen) atoms. The van der Waals surface area contributed by atoms with Crippen LogP contribution in [-0.2, 0) is 16.1 Å². The van der Waals surface area contributed by atoms with Crippen LogP contribution in [0.2, 0.25) is 0 Å². The molecule has 0 aliphatic carbocycles. The van der Waals surface area contributed by atoms with Gasteiger partial charge in [-0.25, -0.2) is 4.79 Å². The van der Waals surface area contributed by atoms with Crippen LogP contribution in [0.15, 0.2) is 29.7 Å². The van der Waals surface area contributed by atoms with Gasteiger partial charge in [0.1, 0.15) is 0 Å². The molecule has 0 aromatic carbocycles. The van der Waals surface area contributed by atoms with Gasteiger partial charge in [0.15, 0.2) is 0 Å². The van der Waals surface area contributed by atoms with E-state index >= 15 is 0 Å². The minimum Gasteiger partial charge on any atom is -0.463 e. The highest BCUT2D eigenvalue weighted by Gasteiger charge is 1.93. The molecule has 3 nitrogen and oxygen atoms in total. The van der Waals surface area contributed by atoms with Crippen LogP contribution in [0.5, 0.6) is 0 Å². The second-order valence-electron chi connectivity index (χ2n) is 2.86. The minimum atomic E-state index is -0.282. The van der Waals surface area contributed by atoms with Gasteiger partial charge in [0, 0.05) is 24.0 Å². The van der Waals surface area contributed by atoms with E-state index in [1.165, 1.54) is 11.0 Å². The number of hydrogen-bond donors (Lipinski definition) is 1. The Kier molecular flexibility index (Phi) is 5.73. The quantitative estimate of drug-likeness (QED) is 0.457. The van der Waals surface area contributed by atoms with E-state index in [1.807, 2.05) is 11.4 Å². The van der Waals surface area contributed by atoms with Gasteiger partial charge in [-0.05, 0) is 18.4 Å². The first-order chi connectivity index (χ1) is 7.33. The maximum absolute atomic E-state index is 10.9. The van der Waals surface area contributed by atoms with Crippen molar-refractivity contribution in [3.05, 3.63) is 34.5 Å². The molecule has 4 heteroatoms. The van der Waals surface area contributed by atoms with Crippen LogP contribution in [0, 0.1) is 0 Å². The van der Waals surface area contributed by atoms with Gasteiger partial charge in [0.2, 0.25) is 0 Å². The molecule has 0 unspecified atom stereocenters. The van der Waals surface area contributed by atoms with E-state index < -0.39 is 0 Å². The highest BCUT2D eigenvalue weighted by Crippen LogP contribution is 2.06. The lowest BCUT2D eigenvalue weighted by atomic mass is 10.4. The smallest absolute Gasteiger partial charge is 0.330 e. The summed E-state index contributed by atoms with van der Waals surface area (Å²) in [5.74, 6) is -0.282. The topological polar surface area (TPSA) is 38.3 Å². The minimum absolute atomic E-state index is 0.282. The predicted molar refractivity (Wildman–Crippen MR) is 61.8 cm³/mol. The molecule has 0 spiro atoms. The second kappa shape index (κ2) is 7.20. The molecular formula is C11H15NO2S. The van der Waals surface area contributed by atoms with E-state index in [2.05, 4.69) is 11.4 Å². The lowest BCUT2D eigenvalue weighted by molar-refractivity contribution is -0.137. The fraction of sp³-hybridized carbons (Fsp3) is 0.364. The van der Waals surface area contributed by atoms with Crippen molar-refractivity contribution in [1.82, 2.24) is 5.32 Å². The molecule has 0 saturated heterocycles. The molecule has 0 aliphatic heterocycles. The van der Waals surface area contributed by atoms with Gasteiger partial charge < -0.3 is 10.1 Å². The number of nitrogens with one attached hydrogen (secondary N) is 1. The highest BCUT2D eigenvalue weighted by molar-refractivity contribution is 7.09. The van der Waals surface area contributed by atoms with Crippen molar-refractivity contribution >= 4 is 17.3 Å². The summed E-state index contributed by atoms with van der Waals surface area (Å²) in [4.78, 5) is 12.2. The third-order valence-corrected chi connectivity index (χ3v) is 2.56. The van der Waals surface area contributed by atoms with Crippen LogP contribution in [0.1, 0.15) is 11.8 Å². The van der Waals surface area contributed by atoms with Gasteiger partial charge in [0.05, 0.1) is 6.61 Å². The van der Waals surface area contributed by atoms with Crippen LogP contribution in [0.25, 0.3) is 0 Å². The average molecular weight is 225 g/mol. The second-order valence-corrected chi connectivity index (χ2v) is 3.90. The number of carbonyl (C=O) groups is 1. The van der Waals surface area contributed by atoms with Gasteiger partial charge in [-0.15, -0.1) is 11.3 Å². The zero-order chi connectivity index (χ0) is 10.9. The first-order valence-corrected chi connectivity index (χ1v) is 5.77. The fourth-order valence-corrected chi connectivity index (χ4v) is 1.71. The summed E-state index contributed by atoms with van der Waals surface area (Å²) in [5.41, 5.74) is 0. The number of thiophene rings is 1. The van der Waals surface area contributed by atoms with E-state index in [4.69, 9.17) is 4.74 Å². The van der Waals surface area contributed by atoms with Crippen molar-refractivity contribution in [2.24, 2.45) is 0 Å². The third-order valence-electron chi connectivity index (χ3n) is 1.68. The Morgan fingerprint density at radius 1 is 1.67 bits per heavy atom. The van der Waals surface area contributed by atoms with Crippen molar-refractivity contribution in [2.75, 3.05) is 13.2 Å². The van der Waals surface area contributed by atoms with Crippen LogP contribution in [0.3, 0.4) is 0 Å². The summed E-state index contributed by atoms with van der Waals surface area (Å²) in [6, 6.07) is 4.10. The summed E-state index contributed by atoms with van der Waals surface area (Å²) >= 11 is 1.72. The predicted octanol–water partition coefficient (Wildman–Crippen LogP) is 1.96. The Morgan fingerprint density at radius 2 is 2.53 bits per heavy atom. The molecule has 0 bridgehead atoms. The lowest BCUT2D eigenvalue weighted by Crippen LogP contribution is -2.12. The van der Waals surface area contributed by atoms with Crippen molar-refractivity contribution in [3.63, 3.8) is 0 Å². The highest BCUT2D eigenvalue weighted by atomic mass is 32.1. The van der Waals surface area contributed by atoms with Gasteiger partial charge in [-0.1, -0.05) is 12.1 Å². The molecule has 1 aromatic heterocycles. The Balaban J connectivity index is 2.08. The van der Waals surface area contributed by atoms with E-state index in [0.29, 0.717) is 13.2 Å². The maximum Gasteiger partial charge on any atom is 0.330 e. The zero-order valence-corrected chi connectivity index (χ0v) is 9.55. The molecule has 0 radical (unpaired) electrons. The standard InChI is InChI=1S/C11H15NO2S/c1-2-14-11(13)6-3-7-12-9-10-5-4-8-15-10/h3-6,8,12H,2,7,9H2,1H3/b6-3+. The fourth-order valence-electron chi connectivity index (χ4n) is 1.04. The van der Waals surface area contributed by atoms with Gasteiger partial charge >= 0.3 is 5.97 Å². The van der Waals surface area contributed by atoms with Gasteiger partial charge in [-0.3, -0.25) is 0 Å². The Hall–Kier alpha value is -1.13. The Labute approximate surface area is 93.8 Å². The summed E-state index contributed by atoms with van der Waals surface area (Å²) in [6.45, 7) is 3.73. The third kappa shape index (κ3) is 5.34. The summed E-state index contributed by atoms with van der Waals surface area (Å²) in [6.07, 6.45) is 3.22. The number of carbonyl (C=O) groups excluding carboxylic acids is 1. The number of hydrogen-bond acceptors (Lipinski definition) is 4. The first kappa shape index (κ1) is 11.9. The van der Waals surface area contributed by atoms with Gasteiger partial charge in [0.25, 0.3) is 0 Å². The van der Waals surface area contributed by atoms with E-state index in [0.717, 1.165) is 6.54 Å². The Bertz CT molecular complexity index is 306.